The van der Waals surface area contributed by atoms with Crippen LogP contribution >= 0.6 is 11.6 Å². The normalized spacial score (nSPS) is 19.5. The van der Waals surface area contributed by atoms with Crippen molar-refractivity contribution in [2.45, 2.75) is 44.8 Å². The Labute approximate surface area is 203 Å². The first-order valence-corrected chi connectivity index (χ1v) is 11.7. The maximum atomic E-state index is 13.2. The lowest BCUT2D eigenvalue weighted by Gasteiger charge is -2.34. The molecule has 0 radical (unpaired) electrons. The number of nitrogens with zero attached hydrogens (tertiary/aromatic N) is 5. The van der Waals surface area contributed by atoms with Crippen LogP contribution in [0.4, 0.5) is 11.6 Å². The van der Waals surface area contributed by atoms with Crippen molar-refractivity contribution in [2.24, 2.45) is 0 Å². The Bertz CT molecular complexity index is 1200. The largest absolute Gasteiger partial charge is 0.495 e. The third kappa shape index (κ3) is 4.21. The van der Waals surface area contributed by atoms with Gasteiger partial charge in [0.15, 0.2) is 0 Å². The van der Waals surface area contributed by atoms with Gasteiger partial charge in [-0.15, -0.1) is 0 Å². The lowest BCUT2D eigenvalue weighted by Crippen LogP contribution is -2.49. The summed E-state index contributed by atoms with van der Waals surface area (Å²) in [4.78, 5) is 24.1. The Morgan fingerprint density at radius 2 is 2.00 bits per heavy atom. The molecule has 9 nitrogen and oxygen atoms in total. The topological polar surface area (TPSA) is 94.4 Å². The Hall–Kier alpha value is -3.17. The van der Waals surface area contributed by atoms with Gasteiger partial charge in [-0.3, -0.25) is 9.48 Å². The number of nitrogens with one attached hydrogen (secondary N) is 1. The number of amides is 1. The minimum Gasteiger partial charge on any atom is -0.495 e. The summed E-state index contributed by atoms with van der Waals surface area (Å²) < 4.78 is 13.0. The molecule has 2 saturated heterocycles. The monoisotopic (exact) mass is 482 g/mol. The van der Waals surface area contributed by atoms with Crippen molar-refractivity contribution in [3.63, 3.8) is 0 Å². The number of rotatable bonds is 6. The standard InChI is InChI=1S/C24H27ClN6O3/c1-14(2)30-11-16(9-27-30)22-19(25)10-26-24(29-22)28-20-7-4-15(8-21(20)33-3)23(32)31-17-5-6-18(31)13-34-12-17/h4,7-11,14,17-18H,5-6,12-13H2,1-3H3,(H,26,28,29)/t17-,18+. The third-order valence-corrected chi connectivity index (χ3v) is 6.59. The van der Waals surface area contributed by atoms with Crippen molar-refractivity contribution in [1.82, 2.24) is 24.6 Å². The molecule has 5 rings (SSSR count). The molecule has 1 aromatic carbocycles. The van der Waals surface area contributed by atoms with Crippen molar-refractivity contribution in [3.05, 3.63) is 47.4 Å². The van der Waals surface area contributed by atoms with Crippen molar-refractivity contribution in [2.75, 3.05) is 25.6 Å². The second kappa shape index (κ2) is 9.23. The van der Waals surface area contributed by atoms with E-state index in [-0.39, 0.29) is 24.0 Å². The highest BCUT2D eigenvalue weighted by molar-refractivity contribution is 6.32. The number of carbonyl (C=O) groups excluding carboxylic acids is 1. The summed E-state index contributed by atoms with van der Waals surface area (Å²) in [7, 11) is 1.57. The predicted molar refractivity (Wildman–Crippen MR) is 129 cm³/mol. The smallest absolute Gasteiger partial charge is 0.254 e. The van der Waals surface area contributed by atoms with Crippen molar-refractivity contribution in [3.8, 4) is 17.0 Å². The Morgan fingerprint density at radius 1 is 1.24 bits per heavy atom. The molecule has 3 aromatic rings. The summed E-state index contributed by atoms with van der Waals surface area (Å²) >= 11 is 6.37. The lowest BCUT2D eigenvalue weighted by molar-refractivity contribution is -0.00716. The zero-order chi connectivity index (χ0) is 23.8. The first-order chi connectivity index (χ1) is 16.4. The van der Waals surface area contributed by atoms with Gasteiger partial charge in [0, 0.05) is 23.4 Å². The van der Waals surface area contributed by atoms with Crippen LogP contribution in [-0.2, 0) is 4.74 Å². The molecule has 0 spiro atoms. The van der Waals surface area contributed by atoms with Gasteiger partial charge in [0.1, 0.15) is 5.75 Å². The van der Waals surface area contributed by atoms with Crippen LogP contribution in [0.25, 0.3) is 11.3 Å². The number of morpholine rings is 1. The van der Waals surface area contributed by atoms with Crippen LogP contribution in [0.2, 0.25) is 5.02 Å². The molecule has 0 unspecified atom stereocenters. The lowest BCUT2D eigenvalue weighted by atomic mass is 10.1. The molecule has 2 bridgehead atoms. The fourth-order valence-electron chi connectivity index (χ4n) is 4.53. The van der Waals surface area contributed by atoms with Gasteiger partial charge in [0.2, 0.25) is 5.95 Å². The molecule has 178 valence electrons. The average Bonchev–Trinajstić information content (AvgIpc) is 3.42. The van der Waals surface area contributed by atoms with Crippen LogP contribution in [0.15, 0.2) is 36.8 Å². The number of fused-ring (bicyclic) bond motifs is 2. The van der Waals surface area contributed by atoms with Crippen LogP contribution < -0.4 is 10.1 Å². The van der Waals surface area contributed by atoms with E-state index in [1.54, 1.807) is 31.6 Å². The molecule has 2 aliphatic heterocycles. The summed E-state index contributed by atoms with van der Waals surface area (Å²) in [6, 6.07) is 5.88. The van der Waals surface area contributed by atoms with Crippen LogP contribution in [0, 0.1) is 0 Å². The predicted octanol–water partition coefficient (Wildman–Crippen LogP) is 4.33. The summed E-state index contributed by atoms with van der Waals surface area (Å²) in [6.07, 6.45) is 7.16. The van der Waals surface area contributed by atoms with E-state index >= 15 is 0 Å². The molecule has 0 aliphatic carbocycles. The van der Waals surface area contributed by atoms with E-state index in [2.05, 4.69) is 34.2 Å². The summed E-state index contributed by atoms with van der Waals surface area (Å²) in [6.45, 7) is 5.31. The minimum atomic E-state index is 0.00726. The number of anilines is 2. The zero-order valence-electron chi connectivity index (χ0n) is 19.4. The molecular formula is C24H27ClN6O3. The summed E-state index contributed by atoms with van der Waals surface area (Å²) in [5, 5.41) is 7.99. The number of aromatic nitrogens is 4. The molecule has 34 heavy (non-hydrogen) atoms. The van der Waals surface area contributed by atoms with Gasteiger partial charge in [0.25, 0.3) is 5.91 Å². The fraction of sp³-hybridized carbons (Fsp3) is 0.417. The van der Waals surface area contributed by atoms with E-state index in [1.165, 1.54) is 0 Å². The molecular weight excluding hydrogens is 456 g/mol. The number of benzene rings is 1. The van der Waals surface area contributed by atoms with Crippen molar-refractivity contribution < 1.29 is 14.3 Å². The highest BCUT2D eigenvalue weighted by Gasteiger charge is 2.40. The molecule has 2 aliphatic rings. The molecule has 10 heteroatoms. The number of hydrogen-bond acceptors (Lipinski definition) is 7. The van der Waals surface area contributed by atoms with Crippen LogP contribution in [-0.4, -0.2) is 63.0 Å². The van der Waals surface area contributed by atoms with E-state index in [4.69, 9.17) is 21.1 Å². The van der Waals surface area contributed by atoms with Crippen LogP contribution in [0.3, 0.4) is 0 Å². The van der Waals surface area contributed by atoms with E-state index in [9.17, 15) is 4.79 Å². The van der Waals surface area contributed by atoms with Crippen LogP contribution in [0.5, 0.6) is 5.75 Å². The second-order valence-corrected chi connectivity index (χ2v) is 9.28. The van der Waals surface area contributed by atoms with Crippen molar-refractivity contribution in [1.29, 1.82) is 0 Å². The molecule has 1 amide bonds. The van der Waals surface area contributed by atoms with E-state index in [0.717, 1.165) is 18.4 Å². The molecule has 2 atom stereocenters. The molecule has 4 heterocycles. The summed E-state index contributed by atoms with van der Waals surface area (Å²) in [5.74, 6) is 0.896. The number of carbonyl (C=O) groups is 1. The molecule has 2 aromatic heterocycles. The zero-order valence-corrected chi connectivity index (χ0v) is 20.1. The van der Waals surface area contributed by atoms with E-state index in [0.29, 0.717) is 46.9 Å². The minimum absolute atomic E-state index is 0.00726. The maximum Gasteiger partial charge on any atom is 0.254 e. The Morgan fingerprint density at radius 3 is 2.68 bits per heavy atom. The average molecular weight is 483 g/mol. The molecule has 0 saturated carbocycles. The third-order valence-electron chi connectivity index (χ3n) is 6.32. The maximum absolute atomic E-state index is 13.2. The first-order valence-electron chi connectivity index (χ1n) is 11.4. The highest BCUT2D eigenvalue weighted by Crippen LogP contribution is 2.34. The van der Waals surface area contributed by atoms with Gasteiger partial charge < -0.3 is 19.7 Å². The molecule has 1 N–H and O–H groups in total. The van der Waals surface area contributed by atoms with Gasteiger partial charge in [-0.1, -0.05) is 11.6 Å². The van der Waals surface area contributed by atoms with Gasteiger partial charge in [-0.05, 0) is 44.9 Å². The SMILES string of the molecule is COc1cc(C(=O)N2[C@@H]3CC[C@H]2COC3)ccc1Nc1ncc(Cl)c(-c2cnn(C(C)C)c2)n1. The van der Waals surface area contributed by atoms with Gasteiger partial charge >= 0.3 is 0 Å². The van der Waals surface area contributed by atoms with Gasteiger partial charge in [0.05, 0.1) is 61.2 Å². The summed E-state index contributed by atoms with van der Waals surface area (Å²) in [5.41, 5.74) is 2.62. The number of halogens is 1. The second-order valence-electron chi connectivity index (χ2n) is 8.87. The number of ether oxygens (including phenoxy) is 2. The fourth-order valence-corrected chi connectivity index (χ4v) is 4.73. The number of methoxy groups -OCH3 is 1. The van der Waals surface area contributed by atoms with Crippen LogP contribution in [0.1, 0.15) is 43.1 Å². The highest BCUT2D eigenvalue weighted by atomic mass is 35.5. The molecule has 2 fully saturated rings. The Balaban J connectivity index is 1.39. The van der Waals surface area contributed by atoms with Gasteiger partial charge in [-0.2, -0.15) is 5.10 Å². The van der Waals surface area contributed by atoms with Crippen molar-refractivity contribution >= 4 is 29.1 Å². The first kappa shape index (κ1) is 22.6. The Kier molecular flexibility index (Phi) is 6.14. The van der Waals surface area contributed by atoms with Gasteiger partial charge in [-0.25, -0.2) is 9.97 Å². The van der Waals surface area contributed by atoms with E-state index < -0.39 is 0 Å². The quantitative estimate of drug-likeness (QED) is 0.558. The number of hydrogen-bond donors (Lipinski definition) is 1. The van der Waals surface area contributed by atoms with E-state index in [1.807, 2.05) is 21.8 Å².